The zero-order chi connectivity index (χ0) is 52.4. The van der Waals surface area contributed by atoms with Gasteiger partial charge in [0, 0.05) is 33.0 Å². The zero-order valence-electron chi connectivity index (χ0n) is 43.3. The predicted molar refractivity (Wildman–Crippen MR) is 272 cm³/mol. The molecule has 0 bridgehead atoms. The number of hydrogen-bond donors (Lipinski definition) is 1. The fraction of sp³-hybridized carbons (Fsp3) is 0.686. The van der Waals surface area contributed by atoms with E-state index in [2.05, 4.69) is 33.0 Å². The summed E-state index contributed by atoms with van der Waals surface area (Å²) in [5.41, 5.74) is 3.26. The van der Waals surface area contributed by atoms with Gasteiger partial charge in [0.1, 0.15) is 17.7 Å². The van der Waals surface area contributed by atoms with Crippen LogP contribution in [0, 0.1) is 37.7 Å². The Balaban J connectivity index is 1.81. The minimum absolute atomic E-state index is 0.0422. The van der Waals surface area contributed by atoms with Crippen LogP contribution in [0.4, 0.5) is 22.1 Å². The Morgan fingerprint density at radius 1 is 0.792 bits per heavy atom. The maximum Gasteiger partial charge on any atom is 0.309 e. The molecule has 404 valence electrons. The minimum atomic E-state index is -0.578. The molecule has 0 spiro atoms. The Hall–Kier alpha value is -4.46. The number of rotatable bonds is 45. The fourth-order valence-electron chi connectivity index (χ4n) is 6.79. The van der Waals surface area contributed by atoms with Crippen molar-refractivity contribution < 1.29 is 71.5 Å². The quantitative estimate of drug-likeness (QED) is 0.0224. The molecule has 3 atom stereocenters. The monoisotopic (exact) mass is 1030 g/mol. The van der Waals surface area contributed by atoms with Crippen molar-refractivity contribution in [3.05, 3.63) is 57.8 Å². The first-order valence-corrected chi connectivity index (χ1v) is 25.3. The van der Waals surface area contributed by atoms with Crippen molar-refractivity contribution in [1.82, 2.24) is 0 Å². The van der Waals surface area contributed by atoms with Crippen LogP contribution in [0.15, 0.2) is 40.6 Å². The van der Waals surface area contributed by atoms with E-state index in [1.54, 1.807) is 21.1 Å². The van der Waals surface area contributed by atoms with Crippen LogP contribution in [0.25, 0.3) is 4.85 Å². The average molecular weight is 1030 g/mol. The normalized spacial score (nSPS) is 12.8. The molecule has 0 aliphatic heterocycles. The summed E-state index contributed by atoms with van der Waals surface area (Å²) >= 11 is 1.14. The Morgan fingerprint density at radius 2 is 1.35 bits per heavy atom. The van der Waals surface area contributed by atoms with Crippen LogP contribution in [-0.2, 0) is 66.4 Å². The number of thiophene rings is 1. The van der Waals surface area contributed by atoms with Gasteiger partial charge in [0.2, 0.25) is 5.69 Å². The number of ether oxygens (including phenoxy) is 12. The lowest BCUT2D eigenvalue weighted by Crippen LogP contribution is -2.43. The molecule has 1 aromatic heterocycles. The number of methoxy groups -OCH3 is 3. The number of benzene rings is 1. The second-order valence-electron chi connectivity index (χ2n) is 16.2. The van der Waals surface area contributed by atoms with E-state index in [4.69, 9.17) is 68.5 Å². The summed E-state index contributed by atoms with van der Waals surface area (Å²) < 4.78 is 67.1. The molecule has 2 aromatic rings. The molecule has 1 heterocycles. The number of esters is 2. The summed E-state index contributed by atoms with van der Waals surface area (Å²) in [7, 11) is 4.56. The van der Waals surface area contributed by atoms with Crippen LogP contribution in [-0.4, -0.2) is 183 Å². The van der Waals surface area contributed by atoms with Gasteiger partial charge >= 0.3 is 11.9 Å². The number of hydrogen-bond acceptors (Lipinski definition) is 20. The van der Waals surface area contributed by atoms with Gasteiger partial charge in [-0.1, -0.05) is 31.9 Å². The highest BCUT2D eigenvalue weighted by Gasteiger charge is 2.24. The molecule has 0 aliphatic rings. The van der Waals surface area contributed by atoms with E-state index in [-0.39, 0.29) is 45.1 Å². The molecule has 1 N–H and O–H groups in total. The highest BCUT2D eigenvalue weighted by atomic mass is 32.1. The molecule has 1 aromatic carbocycles. The first-order valence-electron chi connectivity index (χ1n) is 24.5. The summed E-state index contributed by atoms with van der Waals surface area (Å²) in [5.74, 6) is -1.48. The van der Waals surface area contributed by atoms with Crippen molar-refractivity contribution in [1.29, 1.82) is 5.26 Å². The van der Waals surface area contributed by atoms with E-state index in [1.165, 1.54) is 7.11 Å². The molecule has 0 radical (unpaired) electrons. The number of nitrogens with zero attached hydrogens (tertiary/aromatic N) is 5. The Labute approximate surface area is 430 Å². The number of unbranched alkanes of at least 4 members (excludes halogenated alkanes) is 3. The highest BCUT2D eigenvalue weighted by Crippen LogP contribution is 2.42. The largest absolute Gasteiger partial charge is 0.469 e. The minimum Gasteiger partial charge on any atom is -0.469 e. The average Bonchev–Trinajstić information content (AvgIpc) is 3.69. The third kappa shape index (κ3) is 28.1. The van der Waals surface area contributed by atoms with E-state index in [0.29, 0.717) is 139 Å². The van der Waals surface area contributed by atoms with E-state index in [0.717, 1.165) is 48.3 Å². The van der Waals surface area contributed by atoms with Gasteiger partial charge in [-0.2, -0.15) is 15.5 Å². The van der Waals surface area contributed by atoms with Gasteiger partial charge in [0.15, 0.2) is 0 Å². The first-order chi connectivity index (χ1) is 35.1. The third-order valence-electron chi connectivity index (χ3n) is 10.5. The molecule has 0 fully saturated rings. The maximum atomic E-state index is 12.3. The number of carbonyl (C=O) groups is 2. The number of aryl methyl sites for hydroxylation is 1. The lowest BCUT2D eigenvalue weighted by molar-refractivity contribution is -0.154. The fourth-order valence-corrected chi connectivity index (χ4v) is 7.66. The number of azo groups is 1. The predicted octanol–water partition coefficient (Wildman–Crippen LogP) is 7.41. The standard InChI is InChI=1S/C51H79N5O15S/c1-8-9-10-11-12-13-14-42(51(59)62-7)34-48(58)71-32-29-68-26-24-65-22-21-64-23-25-67-28-31-70-45(39-61-6)37-56(36-44(38-60-5)69-30-27-66-20-19-63-18-17-57)43-15-16-46(40(2)33-43)54-55-50-49(53-4)41(3)47(35-52)72-50/h12-13,15-16,33,42,44-45,57H,8-11,14,17-32,34,36-39H2,1-3,5-7H3/b13-12+,55-54?. The van der Waals surface area contributed by atoms with Crippen molar-refractivity contribution in [3.63, 3.8) is 0 Å². The van der Waals surface area contributed by atoms with E-state index >= 15 is 0 Å². The SMILES string of the molecule is [C-]#[N+]c1c(N=Nc2ccc(N(CC(COC)OCCOCCOCCO)CC(COC)OCCOCCOCCOCCOCCOC(=O)CC(C/C=C/CCCCC)C(=O)OC)cc2C)sc(C#N)c1C. The molecular weight excluding hydrogens is 955 g/mol. The lowest BCUT2D eigenvalue weighted by atomic mass is 10.0. The van der Waals surface area contributed by atoms with Crippen molar-refractivity contribution in [2.75, 3.05) is 158 Å². The number of nitriles is 1. The molecule has 0 saturated carbocycles. The van der Waals surface area contributed by atoms with E-state index < -0.39 is 17.9 Å². The van der Waals surface area contributed by atoms with E-state index in [1.807, 2.05) is 37.3 Å². The summed E-state index contributed by atoms with van der Waals surface area (Å²) in [6, 6.07) is 7.92. The number of aliphatic hydroxyl groups excluding tert-OH is 1. The van der Waals surface area contributed by atoms with Crippen LogP contribution < -0.4 is 4.90 Å². The summed E-state index contributed by atoms with van der Waals surface area (Å²) in [5, 5.41) is 27.6. The highest BCUT2D eigenvalue weighted by molar-refractivity contribution is 7.17. The Kier molecular flexibility index (Phi) is 37.1. The molecule has 0 saturated heterocycles. The van der Waals surface area contributed by atoms with Crippen LogP contribution in [0.1, 0.15) is 61.5 Å². The van der Waals surface area contributed by atoms with Crippen LogP contribution in [0.2, 0.25) is 0 Å². The van der Waals surface area contributed by atoms with Crippen molar-refractivity contribution >= 4 is 45.3 Å². The van der Waals surface area contributed by atoms with E-state index in [9.17, 15) is 14.9 Å². The topological polar surface area (TPSA) is 221 Å². The molecular formula is C51H79N5O15S. The summed E-state index contributed by atoms with van der Waals surface area (Å²) in [6.07, 6.45) is 8.02. The molecule has 0 aliphatic carbocycles. The Bertz CT molecular complexity index is 1910. The van der Waals surface area contributed by atoms with Crippen molar-refractivity contribution in [2.45, 2.75) is 71.5 Å². The second-order valence-corrected chi connectivity index (χ2v) is 17.2. The molecule has 3 unspecified atom stereocenters. The van der Waals surface area contributed by atoms with Crippen molar-refractivity contribution in [2.24, 2.45) is 16.1 Å². The van der Waals surface area contributed by atoms with Crippen LogP contribution in [0.5, 0.6) is 0 Å². The van der Waals surface area contributed by atoms with Crippen LogP contribution >= 0.6 is 11.3 Å². The van der Waals surface area contributed by atoms with Crippen molar-refractivity contribution in [3.8, 4) is 6.07 Å². The van der Waals surface area contributed by atoms with Gasteiger partial charge < -0.3 is 66.8 Å². The third-order valence-corrected chi connectivity index (χ3v) is 11.6. The van der Waals surface area contributed by atoms with Crippen LogP contribution in [0.3, 0.4) is 0 Å². The number of carbonyl (C=O) groups excluding carboxylic acids is 2. The number of anilines is 1. The molecule has 72 heavy (non-hydrogen) atoms. The number of allylic oxidation sites excluding steroid dienone is 2. The lowest BCUT2D eigenvalue weighted by Gasteiger charge is -2.32. The van der Waals surface area contributed by atoms with Gasteiger partial charge in [-0.15, -0.1) is 11.3 Å². The summed E-state index contributed by atoms with van der Waals surface area (Å²) in [6.45, 7) is 19.7. The molecule has 21 heteroatoms. The Morgan fingerprint density at radius 3 is 1.85 bits per heavy atom. The summed E-state index contributed by atoms with van der Waals surface area (Å²) in [4.78, 5) is 30.6. The molecule has 2 rings (SSSR count). The van der Waals surface area contributed by atoms with Gasteiger partial charge in [0.05, 0.1) is 161 Å². The van der Waals surface area contributed by atoms with Gasteiger partial charge in [-0.3, -0.25) is 9.59 Å². The molecule has 0 amide bonds. The number of aliphatic hydroxyl groups is 1. The van der Waals surface area contributed by atoms with Gasteiger partial charge in [0.25, 0.3) is 0 Å². The smallest absolute Gasteiger partial charge is 0.309 e. The van der Waals surface area contributed by atoms with Gasteiger partial charge in [-0.05, 0) is 62.4 Å². The first kappa shape index (κ1) is 63.7. The van der Waals surface area contributed by atoms with Gasteiger partial charge in [-0.25, -0.2) is 4.85 Å². The maximum absolute atomic E-state index is 12.3. The molecule has 20 nitrogen and oxygen atoms in total. The zero-order valence-corrected chi connectivity index (χ0v) is 44.1. The second kappa shape index (κ2) is 42.0.